The molecule has 150 valence electrons. The Morgan fingerprint density at radius 1 is 1.30 bits per heavy atom. The predicted molar refractivity (Wildman–Crippen MR) is 93.3 cm³/mol. The molecule has 0 aromatic carbocycles. The van der Waals surface area contributed by atoms with Crippen LogP contribution in [0.25, 0.3) is 0 Å². The Bertz CT molecular complexity index is 730. The molecule has 8 atom stereocenters. The Hall–Kier alpha value is -1.44. The molecule has 1 N–H and O–H groups in total. The summed E-state index contributed by atoms with van der Waals surface area (Å²) in [6.45, 7) is 9.16. The Balaban J connectivity index is 1.89. The highest BCUT2D eigenvalue weighted by Crippen LogP contribution is 2.62. The Labute approximate surface area is 159 Å². The van der Waals surface area contributed by atoms with Crippen molar-refractivity contribution in [1.82, 2.24) is 0 Å². The summed E-state index contributed by atoms with van der Waals surface area (Å²) < 4.78 is 24.0. The number of fused-ring (bicyclic) bond motifs is 2. The first-order valence-electron chi connectivity index (χ1n) is 9.59. The first kappa shape index (κ1) is 18.9. The zero-order valence-corrected chi connectivity index (χ0v) is 16.6. The molecular weight excluding hydrogens is 352 g/mol. The average Bonchev–Trinajstić information content (AvgIpc) is 3.14. The molecule has 27 heavy (non-hydrogen) atoms. The Morgan fingerprint density at radius 3 is 2.56 bits per heavy atom. The van der Waals surface area contributed by atoms with Crippen molar-refractivity contribution >= 4 is 11.8 Å². The number of hydrogen-bond donors (Lipinski definition) is 1. The van der Waals surface area contributed by atoms with E-state index in [0.717, 1.165) is 0 Å². The number of ether oxygens (including phenoxy) is 4. The van der Waals surface area contributed by atoms with Crippen LogP contribution in [-0.4, -0.2) is 53.7 Å². The van der Waals surface area contributed by atoms with Gasteiger partial charge in [-0.3, -0.25) is 9.59 Å². The van der Waals surface area contributed by atoms with E-state index >= 15 is 0 Å². The molecule has 3 saturated heterocycles. The molecule has 2 bridgehead atoms. The summed E-state index contributed by atoms with van der Waals surface area (Å²) in [4.78, 5) is 25.7. The Morgan fingerprint density at radius 2 is 1.96 bits per heavy atom. The molecule has 7 nitrogen and oxygen atoms in total. The molecule has 0 spiro atoms. The van der Waals surface area contributed by atoms with Crippen molar-refractivity contribution in [1.29, 1.82) is 0 Å². The second-order valence-electron chi connectivity index (χ2n) is 9.01. The van der Waals surface area contributed by atoms with E-state index in [1.54, 1.807) is 20.8 Å². The van der Waals surface area contributed by atoms with E-state index in [4.69, 9.17) is 18.9 Å². The molecular formula is C20H28O7. The monoisotopic (exact) mass is 380 g/mol. The normalized spacial score (nSPS) is 51.3. The molecule has 3 fully saturated rings. The number of aliphatic hydroxyl groups excluding tert-OH is 1. The molecule has 0 amide bonds. The number of esters is 1. The van der Waals surface area contributed by atoms with Gasteiger partial charge in [0.2, 0.25) is 5.78 Å². The van der Waals surface area contributed by atoms with Crippen LogP contribution in [-0.2, 0) is 28.5 Å². The second kappa shape index (κ2) is 5.55. The van der Waals surface area contributed by atoms with Crippen molar-refractivity contribution in [3.8, 4) is 0 Å². The maximum atomic E-state index is 13.1. The van der Waals surface area contributed by atoms with Crippen LogP contribution in [0.4, 0.5) is 0 Å². The van der Waals surface area contributed by atoms with Gasteiger partial charge >= 0.3 is 5.97 Å². The topological polar surface area (TPSA) is 91.3 Å². The third kappa shape index (κ3) is 2.08. The van der Waals surface area contributed by atoms with Crippen molar-refractivity contribution < 1.29 is 33.6 Å². The van der Waals surface area contributed by atoms with Crippen LogP contribution in [0.5, 0.6) is 0 Å². The van der Waals surface area contributed by atoms with Crippen LogP contribution in [0, 0.1) is 23.2 Å². The van der Waals surface area contributed by atoms with Gasteiger partial charge in [-0.1, -0.05) is 20.8 Å². The molecule has 0 aliphatic carbocycles. The average molecular weight is 380 g/mol. The Kier molecular flexibility index (Phi) is 3.89. The van der Waals surface area contributed by atoms with Crippen LogP contribution in [0.15, 0.2) is 11.8 Å². The fraction of sp³-hybridized carbons (Fsp3) is 0.800. The number of ketones is 1. The van der Waals surface area contributed by atoms with E-state index < -0.39 is 52.9 Å². The summed E-state index contributed by atoms with van der Waals surface area (Å²) in [5, 5.41) is 11.0. The van der Waals surface area contributed by atoms with Crippen molar-refractivity contribution in [3.63, 3.8) is 0 Å². The fourth-order valence-electron chi connectivity index (χ4n) is 5.67. The molecule has 4 heterocycles. The lowest BCUT2D eigenvalue weighted by molar-refractivity contribution is -0.279. The number of methoxy groups -OCH3 is 1. The minimum Gasteiger partial charge on any atom is -0.483 e. The number of hydrogen-bond acceptors (Lipinski definition) is 7. The van der Waals surface area contributed by atoms with Gasteiger partial charge in [0.05, 0.1) is 6.10 Å². The number of rotatable bonds is 2. The maximum absolute atomic E-state index is 13.1. The molecule has 7 heteroatoms. The van der Waals surface area contributed by atoms with Gasteiger partial charge in [0.25, 0.3) is 0 Å². The van der Waals surface area contributed by atoms with E-state index in [1.807, 2.05) is 13.8 Å². The first-order valence-corrected chi connectivity index (χ1v) is 9.59. The van der Waals surface area contributed by atoms with E-state index in [-0.39, 0.29) is 18.1 Å². The van der Waals surface area contributed by atoms with Gasteiger partial charge < -0.3 is 24.1 Å². The van der Waals surface area contributed by atoms with Crippen LogP contribution in [0.1, 0.15) is 41.0 Å². The van der Waals surface area contributed by atoms with Crippen LogP contribution in [0.3, 0.4) is 0 Å². The van der Waals surface area contributed by atoms with Crippen molar-refractivity contribution in [2.45, 2.75) is 70.7 Å². The number of carbonyl (C=O) groups excluding carboxylic acids is 2. The lowest BCUT2D eigenvalue weighted by atomic mass is 9.65. The zero-order valence-electron chi connectivity index (χ0n) is 16.6. The van der Waals surface area contributed by atoms with Crippen LogP contribution < -0.4 is 0 Å². The van der Waals surface area contributed by atoms with E-state index in [1.165, 1.54) is 13.2 Å². The zero-order chi connectivity index (χ0) is 19.9. The van der Waals surface area contributed by atoms with Crippen LogP contribution in [0.2, 0.25) is 0 Å². The summed E-state index contributed by atoms with van der Waals surface area (Å²) >= 11 is 0. The lowest BCUT2D eigenvalue weighted by Gasteiger charge is -2.41. The molecule has 4 aliphatic rings. The van der Waals surface area contributed by atoms with Gasteiger partial charge in [-0.15, -0.1) is 0 Å². The van der Waals surface area contributed by atoms with Gasteiger partial charge in [-0.05, 0) is 13.8 Å². The first-order chi connectivity index (χ1) is 12.5. The van der Waals surface area contributed by atoms with Gasteiger partial charge in [-0.25, -0.2) is 0 Å². The quantitative estimate of drug-likeness (QED) is 0.727. The fourth-order valence-corrected chi connectivity index (χ4v) is 5.67. The third-order valence-corrected chi connectivity index (χ3v) is 7.23. The number of carbonyl (C=O) groups is 2. The minimum absolute atomic E-state index is 0.148. The SMILES string of the molecule is CO[C@]1(C(C)C)O[C@H]2C[C@]3(C)OC(=CC3=O)C(C)C(O)[C@H]3OC(=O)[C@@]1(C)[C@H]23. The van der Waals surface area contributed by atoms with Crippen LogP contribution >= 0.6 is 0 Å². The molecule has 0 saturated carbocycles. The van der Waals surface area contributed by atoms with Gasteiger partial charge in [-0.2, -0.15) is 0 Å². The third-order valence-electron chi connectivity index (χ3n) is 7.23. The summed E-state index contributed by atoms with van der Waals surface area (Å²) in [5.41, 5.74) is -2.18. The molecule has 4 rings (SSSR count). The van der Waals surface area contributed by atoms with Crippen molar-refractivity contribution in [3.05, 3.63) is 11.8 Å². The van der Waals surface area contributed by atoms with Crippen molar-refractivity contribution in [2.75, 3.05) is 7.11 Å². The summed E-state index contributed by atoms with van der Waals surface area (Å²) in [6, 6.07) is 0. The van der Waals surface area contributed by atoms with E-state index in [0.29, 0.717) is 5.76 Å². The highest BCUT2D eigenvalue weighted by Gasteiger charge is 2.76. The molecule has 0 aromatic heterocycles. The highest BCUT2D eigenvalue weighted by atomic mass is 16.7. The molecule has 0 aromatic rings. The minimum atomic E-state index is -1.20. The number of aliphatic hydroxyl groups is 1. The second-order valence-corrected chi connectivity index (χ2v) is 9.01. The predicted octanol–water partition coefficient (Wildman–Crippen LogP) is 1.57. The smallest absolute Gasteiger partial charge is 0.318 e. The van der Waals surface area contributed by atoms with E-state index in [9.17, 15) is 14.7 Å². The van der Waals surface area contributed by atoms with Gasteiger partial charge in [0.1, 0.15) is 23.4 Å². The molecule has 2 unspecified atom stereocenters. The summed E-state index contributed by atoms with van der Waals surface area (Å²) in [5.74, 6) is -2.42. The summed E-state index contributed by atoms with van der Waals surface area (Å²) in [6.07, 6.45) is -0.579. The lowest BCUT2D eigenvalue weighted by Crippen LogP contribution is -2.54. The van der Waals surface area contributed by atoms with Gasteiger partial charge in [0.15, 0.2) is 11.4 Å². The standard InChI is InChI=1S/C20H28O7/c1-9(2)20(24-6)19(5)14-12(27-20)8-18(4)13(21)7-11(26-18)10(3)15(22)16(14)25-17(19)23/h7,9-10,12,14-16,22H,8H2,1-6H3/t10?,12-,14+,15?,16-,18-,19+,20+/m0/s1. The van der Waals surface area contributed by atoms with Gasteiger partial charge in [0, 0.05) is 37.4 Å². The largest absolute Gasteiger partial charge is 0.483 e. The highest BCUT2D eigenvalue weighted by molar-refractivity contribution is 5.99. The molecule has 4 aliphatic heterocycles. The van der Waals surface area contributed by atoms with Crippen molar-refractivity contribution in [2.24, 2.45) is 23.2 Å². The summed E-state index contributed by atoms with van der Waals surface area (Å²) in [7, 11) is 1.52. The maximum Gasteiger partial charge on any atom is 0.318 e. The van der Waals surface area contributed by atoms with E-state index in [2.05, 4.69) is 0 Å². The molecule has 0 radical (unpaired) electrons.